The largest absolute Gasteiger partial charge is 0.493 e. The fourth-order valence-electron chi connectivity index (χ4n) is 3.05. The first kappa shape index (κ1) is 16.6. The second-order valence-corrected chi connectivity index (χ2v) is 5.71. The molecule has 1 fully saturated rings. The Balaban J connectivity index is 2.38. The highest BCUT2D eigenvalue weighted by Gasteiger charge is 2.40. The molecule has 0 saturated carbocycles. The molecule has 0 bridgehead atoms. The number of nitrogens with two attached hydrogens (primary N) is 1. The van der Waals surface area contributed by atoms with Gasteiger partial charge in [-0.15, -0.1) is 0 Å². The topological polar surface area (TPSA) is 64.8 Å². The SMILES string of the molecule is CCOc1ccc(C2C(N)CC(=O)N2C(C)CC)cc1OC. The first-order valence-corrected chi connectivity index (χ1v) is 7.90. The molecule has 22 heavy (non-hydrogen) atoms. The smallest absolute Gasteiger partial charge is 0.225 e. The molecule has 1 aliphatic heterocycles. The Kier molecular flexibility index (Phi) is 5.29. The number of carbonyl (C=O) groups is 1. The number of carbonyl (C=O) groups excluding carboxylic acids is 1. The van der Waals surface area contributed by atoms with Crippen LogP contribution in [0.3, 0.4) is 0 Å². The molecule has 0 aromatic heterocycles. The van der Waals surface area contributed by atoms with E-state index < -0.39 is 0 Å². The molecule has 1 aromatic carbocycles. The van der Waals surface area contributed by atoms with Crippen LogP contribution in [0.2, 0.25) is 0 Å². The Morgan fingerprint density at radius 1 is 1.36 bits per heavy atom. The van der Waals surface area contributed by atoms with Crippen LogP contribution in [0.4, 0.5) is 0 Å². The van der Waals surface area contributed by atoms with Gasteiger partial charge in [-0.1, -0.05) is 13.0 Å². The molecule has 2 N–H and O–H groups in total. The van der Waals surface area contributed by atoms with Crippen LogP contribution < -0.4 is 15.2 Å². The highest BCUT2D eigenvalue weighted by molar-refractivity contribution is 5.80. The molecule has 1 aromatic rings. The van der Waals surface area contributed by atoms with E-state index in [2.05, 4.69) is 13.8 Å². The van der Waals surface area contributed by atoms with Crippen molar-refractivity contribution in [3.05, 3.63) is 23.8 Å². The molecule has 1 aliphatic rings. The summed E-state index contributed by atoms with van der Waals surface area (Å²) in [7, 11) is 1.62. The van der Waals surface area contributed by atoms with Gasteiger partial charge in [0.05, 0.1) is 19.8 Å². The van der Waals surface area contributed by atoms with Crippen molar-refractivity contribution in [1.29, 1.82) is 0 Å². The summed E-state index contributed by atoms with van der Waals surface area (Å²) in [5.41, 5.74) is 7.24. The maximum atomic E-state index is 12.3. The van der Waals surface area contributed by atoms with Crippen LogP contribution in [-0.2, 0) is 4.79 Å². The van der Waals surface area contributed by atoms with Gasteiger partial charge in [-0.2, -0.15) is 0 Å². The summed E-state index contributed by atoms with van der Waals surface area (Å²) in [5, 5.41) is 0. The van der Waals surface area contributed by atoms with Crippen molar-refractivity contribution in [2.75, 3.05) is 13.7 Å². The number of hydrogen-bond donors (Lipinski definition) is 1. The van der Waals surface area contributed by atoms with E-state index in [1.165, 1.54) is 0 Å². The molecule has 1 amide bonds. The van der Waals surface area contributed by atoms with E-state index in [9.17, 15) is 4.79 Å². The molecule has 0 spiro atoms. The van der Waals surface area contributed by atoms with Gasteiger partial charge >= 0.3 is 0 Å². The van der Waals surface area contributed by atoms with Crippen LogP contribution in [-0.4, -0.2) is 36.6 Å². The summed E-state index contributed by atoms with van der Waals surface area (Å²) in [5.74, 6) is 1.51. The monoisotopic (exact) mass is 306 g/mol. The lowest BCUT2D eigenvalue weighted by atomic mass is 9.99. The van der Waals surface area contributed by atoms with E-state index in [1.807, 2.05) is 30.0 Å². The van der Waals surface area contributed by atoms with Crippen molar-refractivity contribution in [3.8, 4) is 11.5 Å². The molecule has 0 aliphatic carbocycles. The summed E-state index contributed by atoms with van der Waals surface area (Å²) < 4.78 is 11.0. The Morgan fingerprint density at radius 3 is 2.68 bits per heavy atom. The van der Waals surface area contributed by atoms with Crippen LogP contribution in [0.25, 0.3) is 0 Å². The van der Waals surface area contributed by atoms with Crippen LogP contribution in [0.1, 0.15) is 45.2 Å². The minimum Gasteiger partial charge on any atom is -0.493 e. The van der Waals surface area contributed by atoms with Crippen LogP contribution in [0, 0.1) is 0 Å². The third-order valence-corrected chi connectivity index (χ3v) is 4.30. The minimum absolute atomic E-state index is 0.105. The highest BCUT2D eigenvalue weighted by atomic mass is 16.5. The van der Waals surface area contributed by atoms with E-state index in [0.717, 1.165) is 12.0 Å². The lowest BCUT2D eigenvalue weighted by Crippen LogP contribution is -2.38. The summed E-state index contributed by atoms with van der Waals surface area (Å²) in [6, 6.07) is 5.68. The normalized spacial score (nSPS) is 22.8. The fourth-order valence-corrected chi connectivity index (χ4v) is 3.05. The van der Waals surface area contributed by atoms with Gasteiger partial charge in [-0.25, -0.2) is 0 Å². The molecular formula is C17H26N2O3. The number of rotatable bonds is 6. The van der Waals surface area contributed by atoms with E-state index >= 15 is 0 Å². The average Bonchev–Trinajstić information content (AvgIpc) is 2.81. The number of nitrogens with zero attached hydrogens (tertiary/aromatic N) is 1. The summed E-state index contributed by atoms with van der Waals surface area (Å²) >= 11 is 0. The van der Waals surface area contributed by atoms with E-state index in [4.69, 9.17) is 15.2 Å². The van der Waals surface area contributed by atoms with Gasteiger partial charge in [0.2, 0.25) is 5.91 Å². The molecule has 3 atom stereocenters. The van der Waals surface area contributed by atoms with Crippen molar-refractivity contribution >= 4 is 5.91 Å². The van der Waals surface area contributed by atoms with Crippen LogP contribution in [0.15, 0.2) is 18.2 Å². The first-order valence-electron chi connectivity index (χ1n) is 7.90. The van der Waals surface area contributed by atoms with E-state index in [0.29, 0.717) is 24.5 Å². The summed E-state index contributed by atoms with van der Waals surface area (Å²) in [6.07, 6.45) is 1.30. The molecule has 2 rings (SSSR count). The molecule has 122 valence electrons. The van der Waals surface area contributed by atoms with Gasteiger partial charge in [-0.05, 0) is 38.0 Å². The molecule has 5 heteroatoms. The van der Waals surface area contributed by atoms with Gasteiger partial charge in [0.15, 0.2) is 11.5 Å². The number of ether oxygens (including phenoxy) is 2. The number of methoxy groups -OCH3 is 1. The zero-order valence-electron chi connectivity index (χ0n) is 13.8. The van der Waals surface area contributed by atoms with E-state index in [1.54, 1.807) is 7.11 Å². The first-order chi connectivity index (χ1) is 10.5. The molecule has 0 radical (unpaired) electrons. The van der Waals surface area contributed by atoms with Crippen molar-refractivity contribution in [1.82, 2.24) is 4.90 Å². The fraction of sp³-hybridized carbons (Fsp3) is 0.588. The Bertz CT molecular complexity index is 533. The third-order valence-electron chi connectivity index (χ3n) is 4.30. The number of amides is 1. The molecule has 3 unspecified atom stereocenters. The predicted octanol–water partition coefficient (Wildman–Crippen LogP) is 2.49. The van der Waals surface area contributed by atoms with Gasteiger partial charge in [0.1, 0.15) is 0 Å². The maximum absolute atomic E-state index is 12.3. The highest BCUT2D eigenvalue weighted by Crippen LogP contribution is 2.38. The summed E-state index contributed by atoms with van der Waals surface area (Å²) in [4.78, 5) is 14.2. The standard InChI is InChI=1S/C17H26N2O3/c1-5-11(3)19-16(20)10-13(18)17(19)12-7-8-14(22-6-2)15(9-12)21-4/h7-9,11,13,17H,5-6,10,18H2,1-4H3. The average molecular weight is 306 g/mol. The quantitative estimate of drug-likeness (QED) is 0.877. The number of benzene rings is 1. The maximum Gasteiger partial charge on any atom is 0.225 e. The summed E-state index contributed by atoms with van der Waals surface area (Å²) in [6.45, 7) is 6.66. The molecular weight excluding hydrogens is 280 g/mol. The van der Waals surface area contributed by atoms with Crippen molar-refractivity contribution in [2.45, 2.75) is 51.7 Å². The second-order valence-electron chi connectivity index (χ2n) is 5.71. The molecule has 5 nitrogen and oxygen atoms in total. The van der Waals surface area contributed by atoms with Crippen molar-refractivity contribution in [2.24, 2.45) is 5.73 Å². The Morgan fingerprint density at radius 2 is 2.09 bits per heavy atom. The minimum atomic E-state index is -0.191. The van der Waals surface area contributed by atoms with Crippen molar-refractivity contribution < 1.29 is 14.3 Å². The zero-order valence-corrected chi connectivity index (χ0v) is 13.8. The number of hydrogen-bond acceptors (Lipinski definition) is 4. The Labute approximate surface area is 132 Å². The Hall–Kier alpha value is -1.75. The molecule has 1 saturated heterocycles. The number of likely N-dealkylation sites (tertiary alicyclic amines) is 1. The lowest BCUT2D eigenvalue weighted by Gasteiger charge is -2.32. The van der Waals surface area contributed by atoms with Gasteiger partial charge in [0.25, 0.3) is 0 Å². The zero-order chi connectivity index (χ0) is 16.3. The predicted molar refractivity (Wildman–Crippen MR) is 86.1 cm³/mol. The van der Waals surface area contributed by atoms with Crippen LogP contribution in [0.5, 0.6) is 11.5 Å². The second kappa shape index (κ2) is 7.01. The van der Waals surface area contributed by atoms with Gasteiger partial charge in [-0.3, -0.25) is 4.79 Å². The van der Waals surface area contributed by atoms with E-state index in [-0.39, 0.29) is 24.0 Å². The van der Waals surface area contributed by atoms with Gasteiger partial charge < -0.3 is 20.1 Å². The third kappa shape index (κ3) is 3.04. The van der Waals surface area contributed by atoms with Crippen LogP contribution >= 0.6 is 0 Å². The van der Waals surface area contributed by atoms with Crippen molar-refractivity contribution in [3.63, 3.8) is 0 Å². The molecule has 1 heterocycles. The van der Waals surface area contributed by atoms with Gasteiger partial charge in [0, 0.05) is 18.5 Å². The lowest BCUT2D eigenvalue weighted by molar-refractivity contribution is -0.131.